The number of ether oxygens (including phenoxy) is 2. The minimum absolute atomic E-state index is 0.374. The number of rotatable bonds is 4. The average molecular weight is 482 g/mol. The van der Waals surface area contributed by atoms with Crippen LogP contribution >= 0.6 is 0 Å². The minimum Gasteiger partial charge on any atom is -0.497 e. The molecule has 0 bridgehead atoms. The first kappa shape index (κ1) is 21.8. The van der Waals surface area contributed by atoms with Crippen molar-refractivity contribution >= 4 is 32.8 Å². The molecule has 3 aromatic heterocycles. The van der Waals surface area contributed by atoms with E-state index in [4.69, 9.17) is 13.9 Å². The molecule has 0 spiro atoms. The quantitative estimate of drug-likeness (QED) is 0.367. The Morgan fingerprint density at radius 1 is 0.806 bits per heavy atom. The number of benzene rings is 3. The van der Waals surface area contributed by atoms with Crippen molar-refractivity contribution in [3.63, 3.8) is 0 Å². The van der Waals surface area contributed by atoms with E-state index in [1.165, 1.54) is 11.6 Å². The Labute approximate surface area is 205 Å². The summed E-state index contributed by atoms with van der Waals surface area (Å²) in [7, 11) is 6.36. The molecule has 0 radical (unpaired) electrons. The summed E-state index contributed by atoms with van der Waals surface area (Å²) >= 11 is 0. The van der Waals surface area contributed by atoms with Crippen molar-refractivity contribution in [2.24, 2.45) is 14.1 Å². The normalized spacial score (nSPS) is 11.6. The van der Waals surface area contributed by atoms with Gasteiger partial charge in [-0.3, -0.25) is 13.9 Å². The highest BCUT2D eigenvalue weighted by Crippen LogP contribution is 2.39. The van der Waals surface area contributed by atoms with E-state index in [0.717, 1.165) is 26.5 Å². The van der Waals surface area contributed by atoms with Gasteiger partial charge in [0.2, 0.25) is 0 Å². The number of aryl methyl sites for hydroxylation is 1. The molecule has 3 aromatic carbocycles. The molecule has 0 aliphatic heterocycles. The fraction of sp³-hybridized carbons (Fsp3) is 0.143. The first-order valence-electron chi connectivity index (χ1n) is 11.4. The molecule has 6 aromatic rings. The number of hydrogen-bond acceptors (Lipinski definition) is 5. The second-order valence-electron chi connectivity index (χ2n) is 8.66. The van der Waals surface area contributed by atoms with Gasteiger partial charge in [0, 0.05) is 37.1 Å². The molecule has 8 nitrogen and oxygen atoms in total. The van der Waals surface area contributed by atoms with Crippen LogP contribution in [-0.4, -0.2) is 27.9 Å². The van der Waals surface area contributed by atoms with E-state index in [1.807, 2.05) is 65.2 Å². The molecule has 3 heterocycles. The zero-order valence-corrected chi connectivity index (χ0v) is 20.2. The van der Waals surface area contributed by atoms with Gasteiger partial charge in [-0.15, -0.1) is 0 Å². The first-order chi connectivity index (χ1) is 17.4. The number of aromatic nitrogens is 3. The number of nitrogens with zero attached hydrogens (tertiary/aromatic N) is 3. The van der Waals surface area contributed by atoms with Crippen LogP contribution in [0.15, 0.2) is 80.9 Å². The lowest BCUT2D eigenvalue weighted by Crippen LogP contribution is -2.36. The fourth-order valence-electron chi connectivity index (χ4n) is 4.86. The van der Waals surface area contributed by atoms with Gasteiger partial charge in [-0.25, -0.2) is 4.79 Å². The van der Waals surface area contributed by atoms with E-state index in [0.29, 0.717) is 39.4 Å². The maximum absolute atomic E-state index is 13.4. The Hall–Kier alpha value is -4.72. The lowest BCUT2D eigenvalue weighted by molar-refractivity contribution is 0.413. The summed E-state index contributed by atoms with van der Waals surface area (Å²) in [5, 5.41) is 2.34. The predicted molar refractivity (Wildman–Crippen MR) is 140 cm³/mol. The van der Waals surface area contributed by atoms with Crippen LogP contribution in [0.4, 0.5) is 0 Å². The molecule has 0 aliphatic rings. The van der Waals surface area contributed by atoms with Gasteiger partial charge in [0.25, 0.3) is 5.56 Å². The molecule has 0 saturated carbocycles. The van der Waals surface area contributed by atoms with Gasteiger partial charge in [0.05, 0.1) is 36.5 Å². The highest BCUT2D eigenvalue weighted by atomic mass is 16.5. The van der Waals surface area contributed by atoms with Crippen LogP contribution in [0.25, 0.3) is 49.8 Å². The molecule has 0 N–H and O–H groups in total. The number of methoxy groups -OCH3 is 2. The van der Waals surface area contributed by atoms with Crippen LogP contribution in [0, 0.1) is 0 Å². The van der Waals surface area contributed by atoms with Gasteiger partial charge in [-0.1, -0.05) is 18.2 Å². The van der Waals surface area contributed by atoms with Gasteiger partial charge in [-0.05, 0) is 42.0 Å². The smallest absolute Gasteiger partial charge is 0.330 e. The summed E-state index contributed by atoms with van der Waals surface area (Å²) in [5.41, 5.74) is 3.31. The van der Waals surface area contributed by atoms with Crippen molar-refractivity contribution in [1.29, 1.82) is 0 Å². The van der Waals surface area contributed by atoms with Gasteiger partial charge in [0.15, 0.2) is 0 Å². The van der Waals surface area contributed by atoms with E-state index in [1.54, 1.807) is 27.5 Å². The maximum Gasteiger partial charge on any atom is 0.330 e. The molecule has 0 atom stereocenters. The van der Waals surface area contributed by atoms with E-state index in [9.17, 15) is 9.59 Å². The first-order valence-corrected chi connectivity index (χ1v) is 11.4. The van der Waals surface area contributed by atoms with Crippen molar-refractivity contribution in [2.45, 2.75) is 0 Å². The monoisotopic (exact) mass is 481 g/mol. The third kappa shape index (κ3) is 3.00. The summed E-state index contributed by atoms with van der Waals surface area (Å²) in [6.07, 6.45) is 1.80. The SMILES string of the molecule is COc1ccc(-c2c3c(=O)n(C)c(=O)n(C)c3cn2-c2cc3oc4ccccc4c3cc2OC)cc1. The van der Waals surface area contributed by atoms with E-state index in [2.05, 4.69) is 0 Å². The third-order valence-corrected chi connectivity index (χ3v) is 6.74. The summed E-state index contributed by atoms with van der Waals surface area (Å²) in [6, 6.07) is 19.1. The Bertz CT molecular complexity index is 1920. The van der Waals surface area contributed by atoms with Gasteiger partial charge in [-0.2, -0.15) is 0 Å². The van der Waals surface area contributed by atoms with Crippen molar-refractivity contribution < 1.29 is 13.9 Å². The highest BCUT2D eigenvalue weighted by molar-refractivity contribution is 6.06. The Kier molecular flexibility index (Phi) is 4.79. The Morgan fingerprint density at radius 3 is 2.28 bits per heavy atom. The summed E-state index contributed by atoms with van der Waals surface area (Å²) in [6.45, 7) is 0. The zero-order chi connectivity index (χ0) is 25.1. The van der Waals surface area contributed by atoms with Crippen LogP contribution < -0.4 is 20.7 Å². The summed E-state index contributed by atoms with van der Waals surface area (Å²) in [4.78, 5) is 26.1. The van der Waals surface area contributed by atoms with Crippen LogP contribution in [0.5, 0.6) is 11.5 Å². The lowest BCUT2D eigenvalue weighted by Gasteiger charge is -2.14. The van der Waals surface area contributed by atoms with E-state index < -0.39 is 5.69 Å². The number of para-hydroxylation sites is 1. The molecule has 6 rings (SSSR count). The number of hydrogen-bond donors (Lipinski definition) is 0. The second kappa shape index (κ2) is 7.91. The molecule has 180 valence electrons. The summed E-state index contributed by atoms with van der Waals surface area (Å²) < 4.78 is 21.8. The second-order valence-corrected chi connectivity index (χ2v) is 8.66. The fourth-order valence-corrected chi connectivity index (χ4v) is 4.86. The van der Waals surface area contributed by atoms with Crippen LogP contribution in [0.3, 0.4) is 0 Å². The largest absolute Gasteiger partial charge is 0.497 e. The molecule has 36 heavy (non-hydrogen) atoms. The van der Waals surface area contributed by atoms with Crippen molar-refractivity contribution in [1.82, 2.24) is 13.7 Å². The van der Waals surface area contributed by atoms with Crippen molar-refractivity contribution in [2.75, 3.05) is 14.2 Å². The molecular formula is C28H23N3O5. The van der Waals surface area contributed by atoms with Gasteiger partial charge >= 0.3 is 5.69 Å². The van der Waals surface area contributed by atoms with Crippen LogP contribution in [0.2, 0.25) is 0 Å². The molecule has 0 unspecified atom stereocenters. The third-order valence-electron chi connectivity index (χ3n) is 6.74. The summed E-state index contributed by atoms with van der Waals surface area (Å²) in [5.74, 6) is 1.30. The van der Waals surface area contributed by atoms with E-state index in [-0.39, 0.29) is 5.56 Å². The minimum atomic E-state index is -0.398. The van der Waals surface area contributed by atoms with Crippen LogP contribution in [0.1, 0.15) is 0 Å². The van der Waals surface area contributed by atoms with Crippen molar-refractivity contribution in [3.8, 4) is 28.4 Å². The number of furan rings is 1. The molecule has 0 fully saturated rings. The highest BCUT2D eigenvalue weighted by Gasteiger charge is 2.23. The molecular weight excluding hydrogens is 458 g/mol. The predicted octanol–water partition coefficient (Wildman–Crippen LogP) is 4.61. The Morgan fingerprint density at radius 2 is 1.56 bits per heavy atom. The average Bonchev–Trinajstić information content (AvgIpc) is 3.48. The molecule has 0 aliphatic carbocycles. The van der Waals surface area contributed by atoms with Crippen LogP contribution in [-0.2, 0) is 14.1 Å². The molecule has 0 amide bonds. The number of fused-ring (bicyclic) bond motifs is 4. The van der Waals surface area contributed by atoms with E-state index >= 15 is 0 Å². The molecule has 0 saturated heterocycles. The maximum atomic E-state index is 13.4. The standard InChI is InChI=1S/C28H23N3O5/c1-29-21-15-31(20-14-23-19(13-24(20)35-4)18-7-5-6-8-22(18)36-23)26(16-9-11-17(34-3)12-10-16)25(21)27(32)30(2)28(29)33/h5-15H,1-4H3. The zero-order valence-electron chi connectivity index (χ0n) is 20.2. The molecule has 8 heteroatoms. The lowest BCUT2D eigenvalue weighted by atomic mass is 10.1. The van der Waals surface area contributed by atoms with Gasteiger partial charge < -0.3 is 18.5 Å². The van der Waals surface area contributed by atoms with Gasteiger partial charge in [0.1, 0.15) is 22.7 Å². The Balaban J connectivity index is 1.75. The van der Waals surface area contributed by atoms with Crippen molar-refractivity contribution in [3.05, 3.63) is 87.7 Å². The topological polar surface area (TPSA) is 80.5 Å².